The number of benzene rings is 1. The second kappa shape index (κ2) is 9.99. The zero-order valence-electron chi connectivity index (χ0n) is 20.3. The number of carbonyl (C=O) groups is 1. The predicted octanol–water partition coefficient (Wildman–Crippen LogP) is 4.32. The summed E-state index contributed by atoms with van der Waals surface area (Å²) in [6.07, 6.45) is 3.60. The van der Waals surface area contributed by atoms with Crippen LogP contribution in [0.5, 0.6) is 11.5 Å². The van der Waals surface area contributed by atoms with E-state index in [9.17, 15) is 4.79 Å². The van der Waals surface area contributed by atoms with Crippen molar-refractivity contribution in [3.05, 3.63) is 39.8 Å². The van der Waals surface area contributed by atoms with E-state index in [1.54, 1.807) is 24.5 Å². The van der Waals surface area contributed by atoms with Crippen molar-refractivity contribution in [3.8, 4) is 11.5 Å². The Morgan fingerprint density at radius 1 is 1.30 bits per heavy atom. The molecule has 0 N–H and O–H groups in total. The smallest absolute Gasteiger partial charge is 0.253 e. The van der Waals surface area contributed by atoms with Gasteiger partial charge in [-0.2, -0.15) is 0 Å². The van der Waals surface area contributed by atoms with E-state index in [0.717, 1.165) is 37.5 Å². The van der Waals surface area contributed by atoms with Crippen LogP contribution < -0.4 is 9.47 Å². The summed E-state index contributed by atoms with van der Waals surface area (Å²) in [7, 11) is 1.60. The zero-order chi connectivity index (χ0) is 23.6. The van der Waals surface area contributed by atoms with Crippen molar-refractivity contribution in [3.63, 3.8) is 0 Å². The van der Waals surface area contributed by atoms with E-state index < -0.39 is 0 Å². The SMILES string of the molecule is CCN1CC(c2ncc(C)s2)OC2(CCN(C(=O)c3ccc(OC(C)C)c(OC)c3)CC2)C1. The summed E-state index contributed by atoms with van der Waals surface area (Å²) in [5.74, 6) is 1.26. The molecule has 4 rings (SSSR count). The van der Waals surface area contributed by atoms with Gasteiger partial charge in [0, 0.05) is 42.8 Å². The molecule has 2 aromatic rings. The van der Waals surface area contributed by atoms with Crippen molar-refractivity contribution in [2.75, 3.05) is 39.8 Å². The minimum absolute atomic E-state index is 0.00239. The molecule has 1 unspecified atom stereocenters. The maximum atomic E-state index is 13.3. The third-order valence-electron chi connectivity index (χ3n) is 6.42. The zero-order valence-corrected chi connectivity index (χ0v) is 21.1. The van der Waals surface area contributed by atoms with Gasteiger partial charge >= 0.3 is 0 Å². The number of thiazole rings is 1. The molecule has 7 nitrogen and oxygen atoms in total. The number of hydrogen-bond donors (Lipinski definition) is 0. The highest BCUT2D eigenvalue weighted by Gasteiger charge is 2.44. The number of ether oxygens (including phenoxy) is 3. The molecule has 2 fully saturated rings. The van der Waals surface area contributed by atoms with Crippen molar-refractivity contribution in [2.45, 2.75) is 58.3 Å². The van der Waals surface area contributed by atoms with Gasteiger partial charge in [-0.05, 0) is 58.4 Å². The fourth-order valence-electron chi connectivity index (χ4n) is 4.70. The summed E-state index contributed by atoms with van der Waals surface area (Å²) < 4.78 is 18.0. The molecular weight excluding hydrogens is 438 g/mol. The minimum atomic E-state index is -0.234. The van der Waals surface area contributed by atoms with Gasteiger partial charge < -0.3 is 19.1 Å². The number of piperidine rings is 1. The Kier molecular flexibility index (Phi) is 7.26. The average Bonchev–Trinajstić information content (AvgIpc) is 3.25. The molecule has 1 aromatic heterocycles. The topological polar surface area (TPSA) is 64.1 Å². The van der Waals surface area contributed by atoms with E-state index in [-0.39, 0.29) is 23.7 Å². The quantitative estimate of drug-likeness (QED) is 0.623. The van der Waals surface area contributed by atoms with Gasteiger partial charge in [0.1, 0.15) is 11.1 Å². The molecule has 0 saturated carbocycles. The van der Waals surface area contributed by atoms with Crippen LogP contribution in [0.3, 0.4) is 0 Å². The van der Waals surface area contributed by atoms with Gasteiger partial charge in [-0.15, -0.1) is 11.3 Å². The first-order chi connectivity index (χ1) is 15.8. The first-order valence-corrected chi connectivity index (χ1v) is 12.6. The molecule has 3 heterocycles. The van der Waals surface area contributed by atoms with Gasteiger partial charge in [-0.3, -0.25) is 9.69 Å². The Morgan fingerprint density at radius 3 is 2.67 bits per heavy atom. The molecule has 180 valence electrons. The minimum Gasteiger partial charge on any atom is -0.493 e. The summed E-state index contributed by atoms with van der Waals surface area (Å²) in [5, 5.41) is 1.05. The number of likely N-dealkylation sites (N-methyl/N-ethyl adjacent to an activating group) is 1. The number of likely N-dealkylation sites (tertiary alicyclic amines) is 1. The van der Waals surface area contributed by atoms with Gasteiger partial charge in [0.2, 0.25) is 0 Å². The third kappa shape index (κ3) is 5.34. The number of rotatable bonds is 6. The van der Waals surface area contributed by atoms with Crippen molar-refractivity contribution in [1.82, 2.24) is 14.8 Å². The molecule has 1 atom stereocenters. The lowest BCUT2D eigenvalue weighted by atomic mass is 9.88. The monoisotopic (exact) mass is 473 g/mol. The van der Waals surface area contributed by atoms with Gasteiger partial charge in [-0.25, -0.2) is 4.98 Å². The Bertz CT molecular complexity index is 968. The standard InChI is InChI=1S/C25H35N3O4S/c1-6-27-15-22(23-26-14-18(4)33-23)32-25(16-27)9-11-28(12-10-25)24(29)19-7-8-20(31-17(2)3)21(13-19)30-5/h7-8,13-14,17,22H,6,9-12,15-16H2,1-5H3. The summed E-state index contributed by atoms with van der Waals surface area (Å²) in [4.78, 5) is 23.4. The van der Waals surface area contributed by atoms with Gasteiger partial charge in [-0.1, -0.05) is 6.92 Å². The van der Waals surface area contributed by atoms with Crippen LogP contribution in [0.4, 0.5) is 0 Å². The van der Waals surface area contributed by atoms with E-state index in [1.807, 2.05) is 37.1 Å². The molecule has 1 spiro atoms. The number of amides is 1. The second-order valence-electron chi connectivity index (χ2n) is 9.25. The number of morpholine rings is 1. The summed E-state index contributed by atoms with van der Waals surface area (Å²) in [5.41, 5.74) is 0.386. The van der Waals surface area contributed by atoms with Crippen LogP contribution in [-0.2, 0) is 4.74 Å². The van der Waals surface area contributed by atoms with E-state index in [4.69, 9.17) is 14.2 Å². The first kappa shape index (κ1) is 24.0. The van der Waals surface area contributed by atoms with Crippen molar-refractivity contribution < 1.29 is 19.0 Å². The van der Waals surface area contributed by atoms with Gasteiger partial charge in [0.15, 0.2) is 11.5 Å². The average molecular weight is 474 g/mol. The highest BCUT2D eigenvalue weighted by Crippen LogP contribution is 2.39. The number of hydrogen-bond acceptors (Lipinski definition) is 7. The molecule has 2 aliphatic rings. The van der Waals surface area contributed by atoms with Crippen LogP contribution >= 0.6 is 11.3 Å². The summed E-state index contributed by atoms with van der Waals surface area (Å²) in [6, 6.07) is 5.42. The fourth-order valence-corrected chi connectivity index (χ4v) is 5.50. The summed E-state index contributed by atoms with van der Waals surface area (Å²) >= 11 is 1.72. The number of nitrogens with zero attached hydrogens (tertiary/aromatic N) is 3. The van der Waals surface area contributed by atoms with E-state index >= 15 is 0 Å². The Morgan fingerprint density at radius 2 is 2.06 bits per heavy atom. The van der Waals surface area contributed by atoms with E-state index in [1.165, 1.54) is 4.88 Å². The lowest BCUT2D eigenvalue weighted by Crippen LogP contribution is -2.58. The Labute approximate surface area is 200 Å². The largest absolute Gasteiger partial charge is 0.493 e. The second-order valence-corrected chi connectivity index (χ2v) is 10.5. The molecule has 2 saturated heterocycles. The van der Waals surface area contributed by atoms with Crippen LogP contribution in [0.2, 0.25) is 0 Å². The lowest BCUT2D eigenvalue weighted by Gasteiger charge is -2.49. The molecule has 8 heteroatoms. The molecule has 0 bridgehead atoms. The molecule has 1 aromatic carbocycles. The highest BCUT2D eigenvalue weighted by molar-refractivity contribution is 7.11. The first-order valence-electron chi connectivity index (χ1n) is 11.8. The summed E-state index contributed by atoms with van der Waals surface area (Å²) in [6.45, 7) is 12.3. The van der Waals surface area contributed by atoms with Crippen molar-refractivity contribution in [2.24, 2.45) is 0 Å². The number of aryl methyl sites for hydroxylation is 1. The van der Waals surface area contributed by atoms with Crippen LogP contribution in [0.1, 0.15) is 60.0 Å². The predicted molar refractivity (Wildman–Crippen MR) is 129 cm³/mol. The molecule has 0 radical (unpaired) electrons. The maximum Gasteiger partial charge on any atom is 0.253 e. The van der Waals surface area contributed by atoms with Crippen molar-refractivity contribution >= 4 is 17.2 Å². The highest BCUT2D eigenvalue weighted by atomic mass is 32.1. The van der Waals surface area contributed by atoms with Crippen LogP contribution in [0.15, 0.2) is 24.4 Å². The van der Waals surface area contributed by atoms with E-state index in [2.05, 4.69) is 23.7 Å². The van der Waals surface area contributed by atoms with Gasteiger partial charge in [0.25, 0.3) is 5.91 Å². The van der Waals surface area contributed by atoms with Crippen molar-refractivity contribution in [1.29, 1.82) is 0 Å². The Hall–Kier alpha value is -2.16. The maximum absolute atomic E-state index is 13.3. The molecular formula is C25H35N3O4S. The fraction of sp³-hybridized carbons (Fsp3) is 0.600. The third-order valence-corrected chi connectivity index (χ3v) is 7.43. The van der Waals surface area contributed by atoms with Gasteiger partial charge in [0.05, 0.1) is 18.8 Å². The number of aromatic nitrogens is 1. The lowest BCUT2D eigenvalue weighted by molar-refractivity contribution is -0.175. The molecule has 1 amide bonds. The number of methoxy groups -OCH3 is 1. The number of carbonyl (C=O) groups excluding carboxylic acids is 1. The molecule has 33 heavy (non-hydrogen) atoms. The van der Waals surface area contributed by atoms with Crippen LogP contribution in [0, 0.1) is 6.92 Å². The molecule has 0 aliphatic carbocycles. The Balaban J connectivity index is 1.44. The molecule has 2 aliphatic heterocycles. The van der Waals surface area contributed by atoms with E-state index in [0.29, 0.717) is 30.2 Å². The van der Waals surface area contributed by atoms with Crippen LogP contribution in [-0.4, -0.2) is 72.2 Å². The normalized spacial score (nSPS) is 20.9. The van der Waals surface area contributed by atoms with Crippen LogP contribution in [0.25, 0.3) is 0 Å².